The Kier molecular flexibility index (Phi) is 5.05. The fraction of sp³-hybridized carbons (Fsp3) is 0.357. The highest BCUT2D eigenvalue weighted by atomic mass is 35.5. The van der Waals surface area contributed by atoms with Gasteiger partial charge in [-0.05, 0) is 31.5 Å². The van der Waals surface area contributed by atoms with Crippen LogP contribution in [-0.4, -0.2) is 11.6 Å². The van der Waals surface area contributed by atoms with Gasteiger partial charge in [-0.15, -0.1) is 11.3 Å². The maximum absolute atomic E-state index is 6.20. The van der Waals surface area contributed by atoms with Gasteiger partial charge in [0.25, 0.3) is 0 Å². The van der Waals surface area contributed by atoms with Crippen LogP contribution in [0, 0.1) is 0 Å². The number of nitrogens with zero attached hydrogens (tertiary/aromatic N) is 1. The number of benzene rings is 1. The molecule has 19 heavy (non-hydrogen) atoms. The van der Waals surface area contributed by atoms with E-state index in [4.69, 9.17) is 16.3 Å². The Balaban J connectivity index is 2.03. The molecule has 0 spiro atoms. The molecule has 102 valence electrons. The topological polar surface area (TPSA) is 34.1 Å². The van der Waals surface area contributed by atoms with Crippen molar-refractivity contribution in [2.45, 2.75) is 26.3 Å². The zero-order valence-corrected chi connectivity index (χ0v) is 12.6. The molecule has 1 aromatic carbocycles. The number of hydrogen-bond donors (Lipinski definition) is 1. The van der Waals surface area contributed by atoms with Crippen molar-refractivity contribution in [2.24, 2.45) is 0 Å². The molecule has 0 fully saturated rings. The summed E-state index contributed by atoms with van der Waals surface area (Å²) in [7, 11) is 0. The molecule has 1 heterocycles. The molecular formula is C14H17ClN2OS. The molecule has 1 unspecified atom stereocenters. The maximum atomic E-state index is 6.20. The van der Waals surface area contributed by atoms with E-state index in [1.807, 2.05) is 29.8 Å². The summed E-state index contributed by atoms with van der Waals surface area (Å²) in [5, 5.41) is 7.04. The number of hydrogen-bond acceptors (Lipinski definition) is 4. The van der Waals surface area contributed by atoms with Crippen molar-refractivity contribution >= 4 is 28.6 Å². The number of aromatic nitrogens is 1. The molecule has 5 heteroatoms. The third kappa shape index (κ3) is 3.85. The van der Waals surface area contributed by atoms with E-state index in [0.717, 1.165) is 22.9 Å². The normalized spacial score (nSPS) is 12.2. The minimum absolute atomic E-state index is 0.165. The maximum Gasteiger partial charge on any atom is 0.138 e. The first-order valence-electron chi connectivity index (χ1n) is 6.29. The van der Waals surface area contributed by atoms with Gasteiger partial charge in [0.05, 0.1) is 17.7 Å². The fourth-order valence-corrected chi connectivity index (χ4v) is 2.56. The van der Waals surface area contributed by atoms with E-state index in [1.54, 1.807) is 11.3 Å². The quantitative estimate of drug-likeness (QED) is 0.834. The van der Waals surface area contributed by atoms with Crippen molar-refractivity contribution in [3.63, 3.8) is 0 Å². The number of thiazole rings is 1. The van der Waals surface area contributed by atoms with Crippen LogP contribution in [0.15, 0.2) is 29.8 Å². The van der Waals surface area contributed by atoms with Crippen molar-refractivity contribution in [2.75, 3.05) is 11.9 Å². The molecule has 0 amide bonds. The van der Waals surface area contributed by atoms with E-state index in [2.05, 4.69) is 24.1 Å². The van der Waals surface area contributed by atoms with Crippen molar-refractivity contribution in [3.05, 3.63) is 39.8 Å². The molecule has 1 aromatic heterocycles. The highest BCUT2D eigenvalue weighted by Crippen LogP contribution is 2.29. The molecule has 0 bridgehead atoms. The Hall–Kier alpha value is -1.26. The minimum atomic E-state index is 0.165. The Morgan fingerprint density at radius 1 is 1.47 bits per heavy atom. The zero-order chi connectivity index (χ0) is 13.7. The second-order valence-corrected chi connectivity index (χ2v) is 5.56. The first kappa shape index (κ1) is 14.2. The number of anilines is 1. The molecule has 3 nitrogen and oxygen atoms in total. The van der Waals surface area contributed by atoms with E-state index in [9.17, 15) is 0 Å². The summed E-state index contributed by atoms with van der Waals surface area (Å²) < 4.78 is 5.55. The Labute approximate surface area is 122 Å². The van der Waals surface area contributed by atoms with E-state index < -0.39 is 0 Å². The van der Waals surface area contributed by atoms with E-state index in [1.165, 1.54) is 0 Å². The molecule has 1 atom stereocenters. The highest BCUT2D eigenvalue weighted by Gasteiger charge is 2.09. The third-order valence-corrected chi connectivity index (χ3v) is 3.85. The summed E-state index contributed by atoms with van der Waals surface area (Å²) in [5.41, 5.74) is 0.969. The van der Waals surface area contributed by atoms with E-state index in [-0.39, 0.29) is 6.04 Å². The van der Waals surface area contributed by atoms with Crippen LogP contribution in [0.4, 0.5) is 5.69 Å². The second kappa shape index (κ2) is 6.78. The van der Waals surface area contributed by atoms with Crippen LogP contribution in [0.3, 0.4) is 0 Å². The number of nitrogens with one attached hydrogen (secondary N) is 1. The smallest absolute Gasteiger partial charge is 0.138 e. The Morgan fingerprint density at radius 3 is 2.95 bits per heavy atom. The van der Waals surface area contributed by atoms with Crippen LogP contribution in [0.25, 0.3) is 0 Å². The summed E-state index contributed by atoms with van der Waals surface area (Å²) in [4.78, 5) is 4.29. The monoisotopic (exact) mass is 296 g/mol. The second-order valence-electron chi connectivity index (χ2n) is 4.23. The van der Waals surface area contributed by atoms with Gasteiger partial charge in [0.2, 0.25) is 0 Å². The average Bonchev–Trinajstić information content (AvgIpc) is 2.92. The predicted molar refractivity (Wildman–Crippen MR) is 81.4 cm³/mol. The van der Waals surface area contributed by atoms with Gasteiger partial charge in [-0.2, -0.15) is 0 Å². The lowest BCUT2D eigenvalue weighted by Crippen LogP contribution is -2.06. The van der Waals surface area contributed by atoms with E-state index in [0.29, 0.717) is 11.6 Å². The van der Waals surface area contributed by atoms with Gasteiger partial charge in [0, 0.05) is 17.3 Å². The lowest BCUT2D eigenvalue weighted by molar-refractivity contribution is 0.317. The third-order valence-electron chi connectivity index (χ3n) is 2.60. The summed E-state index contributed by atoms with van der Waals surface area (Å²) >= 11 is 7.83. The molecule has 0 radical (unpaired) electrons. The summed E-state index contributed by atoms with van der Waals surface area (Å²) in [6, 6.07) is 5.92. The van der Waals surface area contributed by atoms with Crippen LogP contribution >= 0.6 is 22.9 Å². The van der Waals surface area contributed by atoms with E-state index >= 15 is 0 Å². The minimum Gasteiger partial charge on any atom is -0.492 e. The van der Waals surface area contributed by atoms with Gasteiger partial charge in [0.1, 0.15) is 10.8 Å². The van der Waals surface area contributed by atoms with Crippen LogP contribution in [-0.2, 0) is 0 Å². The molecular weight excluding hydrogens is 280 g/mol. The standard InChI is InChI=1S/C14H17ClN2OS/c1-3-7-18-13-5-4-11(9-12(13)15)17-10(2)14-16-6-8-19-14/h4-6,8-10,17H,3,7H2,1-2H3. The van der Waals surface area contributed by atoms with Crippen LogP contribution in [0.2, 0.25) is 5.02 Å². The molecule has 0 aliphatic heterocycles. The Bertz CT molecular complexity index is 516. The van der Waals surface area contributed by atoms with Gasteiger partial charge in [-0.1, -0.05) is 18.5 Å². The first-order valence-corrected chi connectivity index (χ1v) is 7.54. The summed E-state index contributed by atoms with van der Waals surface area (Å²) in [6.45, 7) is 4.83. The summed E-state index contributed by atoms with van der Waals surface area (Å²) in [5.74, 6) is 0.732. The fourth-order valence-electron chi connectivity index (χ4n) is 1.68. The number of ether oxygens (including phenoxy) is 1. The van der Waals surface area contributed by atoms with Gasteiger partial charge in [0.15, 0.2) is 0 Å². The largest absolute Gasteiger partial charge is 0.492 e. The van der Waals surface area contributed by atoms with Crippen LogP contribution in [0.1, 0.15) is 31.3 Å². The Morgan fingerprint density at radius 2 is 2.32 bits per heavy atom. The molecule has 1 N–H and O–H groups in total. The van der Waals surface area contributed by atoms with Gasteiger partial charge >= 0.3 is 0 Å². The first-order chi connectivity index (χ1) is 9.20. The van der Waals surface area contributed by atoms with Crippen molar-refractivity contribution in [1.82, 2.24) is 4.98 Å². The average molecular weight is 297 g/mol. The molecule has 2 aromatic rings. The molecule has 0 saturated carbocycles. The lowest BCUT2D eigenvalue weighted by atomic mass is 10.2. The van der Waals surface area contributed by atoms with Gasteiger partial charge in [-0.3, -0.25) is 0 Å². The van der Waals surface area contributed by atoms with Gasteiger partial charge in [-0.25, -0.2) is 4.98 Å². The van der Waals surface area contributed by atoms with Crippen molar-refractivity contribution in [3.8, 4) is 5.75 Å². The molecule has 0 saturated heterocycles. The van der Waals surface area contributed by atoms with Crippen molar-refractivity contribution in [1.29, 1.82) is 0 Å². The SMILES string of the molecule is CCCOc1ccc(NC(C)c2nccs2)cc1Cl. The zero-order valence-electron chi connectivity index (χ0n) is 11.0. The van der Waals surface area contributed by atoms with Crippen molar-refractivity contribution < 1.29 is 4.74 Å². The molecule has 0 aliphatic rings. The lowest BCUT2D eigenvalue weighted by Gasteiger charge is -2.14. The molecule has 0 aliphatic carbocycles. The predicted octanol–water partition coefficient (Wildman–Crippen LogP) is 4.76. The van der Waals surface area contributed by atoms with Crippen LogP contribution in [0.5, 0.6) is 5.75 Å². The summed E-state index contributed by atoms with van der Waals surface area (Å²) in [6.07, 6.45) is 2.78. The van der Waals surface area contributed by atoms with Crippen LogP contribution < -0.4 is 10.1 Å². The number of halogens is 1. The number of rotatable bonds is 6. The van der Waals surface area contributed by atoms with Gasteiger partial charge < -0.3 is 10.1 Å². The molecule has 2 rings (SSSR count). The highest BCUT2D eigenvalue weighted by molar-refractivity contribution is 7.09.